The largest absolute Gasteiger partial charge is 0.493 e. The molecule has 0 saturated carbocycles. The number of ether oxygens (including phenoxy) is 1. The summed E-state index contributed by atoms with van der Waals surface area (Å²) < 4.78 is 22.0. The minimum Gasteiger partial charge on any atom is -0.493 e. The number of hydrogen-bond acceptors (Lipinski definition) is 5. The lowest BCUT2D eigenvalue weighted by Gasteiger charge is -2.24. The predicted molar refractivity (Wildman–Crippen MR) is 154 cm³/mol. The van der Waals surface area contributed by atoms with E-state index < -0.39 is 17.5 Å². The summed E-state index contributed by atoms with van der Waals surface area (Å²) in [6, 6.07) is 18.4. The van der Waals surface area contributed by atoms with E-state index in [-0.39, 0.29) is 41.3 Å². The van der Waals surface area contributed by atoms with Crippen LogP contribution in [0.15, 0.2) is 82.2 Å². The molecule has 0 saturated heterocycles. The Hall–Kier alpha value is -3.86. The van der Waals surface area contributed by atoms with Gasteiger partial charge in [0.2, 0.25) is 5.88 Å². The highest BCUT2D eigenvalue weighted by Gasteiger charge is 2.31. The summed E-state index contributed by atoms with van der Waals surface area (Å²) in [5.74, 6) is -0.297. The Balaban J connectivity index is 1.61. The molecule has 0 bridgehead atoms. The van der Waals surface area contributed by atoms with Crippen molar-refractivity contribution in [2.75, 3.05) is 13.2 Å². The fourth-order valence-corrected chi connectivity index (χ4v) is 5.59. The standard InChI is InChI=1S/C29H25BrClFN4O4/c1-16(17-5-3-2-4-6-17)26(27-33-15-23(34-27)24-21(31)13-19(30)14-22(24)32)36-28(38)25(35-29(36)39)18-7-9-20(10-8-18)40-12-11-37/h2-10,13-16,26,37-38H,11-12H2,1H3,(H,33,34)(H,35,39)/t16-,26-/m0/s1. The second kappa shape index (κ2) is 11.7. The SMILES string of the molecule is C[C@@H](c1ccccc1)[C@@H](c1ncc(-c2c(F)cc(Br)cc2Cl)[nH]1)n1c(O)c(-c2ccc(OCCO)cc2)[nH]c1=O. The van der Waals surface area contributed by atoms with E-state index in [1.807, 2.05) is 37.3 Å². The van der Waals surface area contributed by atoms with Gasteiger partial charge >= 0.3 is 5.69 Å². The van der Waals surface area contributed by atoms with Gasteiger partial charge in [0.25, 0.3) is 0 Å². The Bertz CT molecular complexity index is 1660. The number of imidazole rings is 2. The molecule has 0 aliphatic rings. The molecule has 0 unspecified atom stereocenters. The summed E-state index contributed by atoms with van der Waals surface area (Å²) >= 11 is 9.59. The van der Waals surface area contributed by atoms with Crippen LogP contribution < -0.4 is 10.4 Å². The summed E-state index contributed by atoms with van der Waals surface area (Å²) in [5, 5.41) is 20.5. The van der Waals surface area contributed by atoms with Gasteiger partial charge in [-0.25, -0.2) is 14.2 Å². The molecule has 0 aliphatic carbocycles. The molecule has 5 rings (SSSR count). The van der Waals surface area contributed by atoms with E-state index in [0.717, 1.165) is 5.56 Å². The minimum atomic E-state index is -0.793. The number of aromatic nitrogens is 4. The number of aliphatic hydroxyl groups is 1. The second-order valence-corrected chi connectivity index (χ2v) is 10.5. The monoisotopic (exact) mass is 626 g/mol. The first kappa shape index (κ1) is 27.7. The number of H-pyrrole nitrogens is 2. The van der Waals surface area contributed by atoms with Crippen LogP contribution in [0.25, 0.3) is 22.5 Å². The Kier molecular flexibility index (Phi) is 8.11. The molecule has 2 atom stereocenters. The number of aliphatic hydroxyl groups excluding tert-OH is 1. The van der Waals surface area contributed by atoms with Gasteiger partial charge in [0, 0.05) is 16.0 Å². The van der Waals surface area contributed by atoms with Crippen molar-refractivity contribution in [1.29, 1.82) is 0 Å². The highest BCUT2D eigenvalue weighted by Crippen LogP contribution is 2.39. The molecule has 2 aromatic heterocycles. The molecule has 4 N–H and O–H groups in total. The first-order valence-corrected chi connectivity index (χ1v) is 13.6. The number of nitrogens with one attached hydrogen (secondary N) is 2. The molecule has 8 nitrogen and oxygen atoms in total. The molecular weight excluding hydrogens is 603 g/mol. The third kappa shape index (κ3) is 5.42. The topological polar surface area (TPSA) is 116 Å². The lowest BCUT2D eigenvalue weighted by Crippen LogP contribution is -2.27. The van der Waals surface area contributed by atoms with Crippen LogP contribution in [-0.2, 0) is 0 Å². The third-order valence-electron chi connectivity index (χ3n) is 6.63. The average Bonchev–Trinajstić information content (AvgIpc) is 3.53. The van der Waals surface area contributed by atoms with Crippen molar-refractivity contribution in [3.63, 3.8) is 0 Å². The smallest absolute Gasteiger partial charge is 0.329 e. The van der Waals surface area contributed by atoms with Gasteiger partial charge in [-0.2, -0.15) is 0 Å². The van der Waals surface area contributed by atoms with E-state index in [0.29, 0.717) is 27.3 Å². The quantitative estimate of drug-likeness (QED) is 0.154. The summed E-state index contributed by atoms with van der Waals surface area (Å²) in [7, 11) is 0. The summed E-state index contributed by atoms with van der Waals surface area (Å²) in [6.45, 7) is 1.95. The van der Waals surface area contributed by atoms with E-state index in [9.17, 15) is 14.3 Å². The van der Waals surface area contributed by atoms with Gasteiger partial charge in [0.1, 0.15) is 35.7 Å². The maximum Gasteiger partial charge on any atom is 0.329 e. The second-order valence-electron chi connectivity index (χ2n) is 9.17. The van der Waals surface area contributed by atoms with Gasteiger partial charge in [-0.15, -0.1) is 0 Å². The van der Waals surface area contributed by atoms with Crippen molar-refractivity contribution in [2.24, 2.45) is 0 Å². The fourth-order valence-electron chi connectivity index (χ4n) is 4.72. The molecule has 206 valence electrons. The number of halogens is 3. The number of nitrogens with zero attached hydrogens (tertiary/aromatic N) is 2. The molecular formula is C29H25BrClFN4O4. The molecule has 0 spiro atoms. The van der Waals surface area contributed by atoms with Gasteiger partial charge in [-0.3, -0.25) is 4.57 Å². The van der Waals surface area contributed by atoms with Gasteiger partial charge in [-0.1, -0.05) is 64.8 Å². The van der Waals surface area contributed by atoms with Gasteiger partial charge in [-0.05, 0) is 42.0 Å². The zero-order valence-electron chi connectivity index (χ0n) is 21.2. The molecule has 2 heterocycles. The zero-order valence-corrected chi connectivity index (χ0v) is 23.6. The van der Waals surface area contributed by atoms with Crippen molar-refractivity contribution in [3.8, 4) is 34.1 Å². The van der Waals surface area contributed by atoms with Crippen LogP contribution in [0.1, 0.15) is 30.3 Å². The zero-order chi connectivity index (χ0) is 28.4. The van der Waals surface area contributed by atoms with Gasteiger partial charge in [0.15, 0.2) is 0 Å². The number of aromatic hydroxyl groups is 1. The Morgan fingerprint density at radius 1 is 1.12 bits per heavy atom. The first-order valence-electron chi connectivity index (χ1n) is 12.4. The normalized spacial score (nSPS) is 12.8. The van der Waals surface area contributed by atoms with Crippen LogP contribution in [-0.4, -0.2) is 42.9 Å². The van der Waals surface area contributed by atoms with E-state index in [1.165, 1.54) is 16.8 Å². The Morgan fingerprint density at radius 3 is 2.52 bits per heavy atom. The van der Waals surface area contributed by atoms with Crippen LogP contribution in [0.3, 0.4) is 0 Å². The van der Waals surface area contributed by atoms with E-state index >= 15 is 0 Å². The van der Waals surface area contributed by atoms with Crippen molar-refractivity contribution in [3.05, 3.63) is 110 Å². The van der Waals surface area contributed by atoms with Gasteiger partial charge in [0.05, 0.1) is 29.1 Å². The molecule has 0 aliphatic heterocycles. The van der Waals surface area contributed by atoms with Gasteiger partial charge < -0.3 is 24.9 Å². The fraction of sp³-hybridized carbons (Fsp3) is 0.172. The Morgan fingerprint density at radius 2 is 1.85 bits per heavy atom. The van der Waals surface area contributed by atoms with Crippen LogP contribution in [0, 0.1) is 5.82 Å². The Labute approximate surface area is 242 Å². The van der Waals surface area contributed by atoms with Crippen molar-refractivity contribution < 1.29 is 19.3 Å². The maximum absolute atomic E-state index is 14.9. The lowest BCUT2D eigenvalue weighted by atomic mass is 9.92. The summed E-state index contributed by atoms with van der Waals surface area (Å²) in [5.41, 5.74) is 1.60. The number of benzene rings is 3. The predicted octanol–water partition coefficient (Wildman–Crippen LogP) is 6.26. The first-order chi connectivity index (χ1) is 19.3. The highest BCUT2D eigenvalue weighted by molar-refractivity contribution is 9.10. The highest BCUT2D eigenvalue weighted by atomic mass is 79.9. The van der Waals surface area contributed by atoms with Crippen molar-refractivity contribution in [2.45, 2.75) is 18.9 Å². The number of rotatable bonds is 9. The average molecular weight is 628 g/mol. The molecule has 0 radical (unpaired) electrons. The van der Waals surface area contributed by atoms with Crippen molar-refractivity contribution in [1.82, 2.24) is 19.5 Å². The number of hydrogen-bond donors (Lipinski definition) is 4. The molecule has 5 aromatic rings. The van der Waals surface area contributed by atoms with Crippen LogP contribution in [0.4, 0.5) is 4.39 Å². The van der Waals surface area contributed by atoms with Crippen LogP contribution in [0.2, 0.25) is 5.02 Å². The minimum absolute atomic E-state index is 0.116. The third-order valence-corrected chi connectivity index (χ3v) is 7.39. The molecule has 3 aromatic carbocycles. The molecule has 11 heteroatoms. The van der Waals surface area contributed by atoms with Crippen LogP contribution in [0.5, 0.6) is 11.6 Å². The molecule has 0 fully saturated rings. The van der Waals surface area contributed by atoms with E-state index in [1.54, 1.807) is 30.3 Å². The molecule has 40 heavy (non-hydrogen) atoms. The number of aromatic amines is 2. The molecule has 0 amide bonds. The van der Waals surface area contributed by atoms with Crippen LogP contribution >= 0.6 is 27.5 Å². The van der Waals surface area contributed by atoms with Crippen molar-refractivity contribution >= 4 is 27.5 Å². The lowest BCUT2D eigenvalue weighted by molar-refractivity contribution is 0.201. The summed E-state index contributed by atoms with van der Waals surface area (Å²) in [6.07, 6.45) is 1.46. The summed E-state index contributed by atoms with van der Waals surface area (Å²) in [4.78, 5) is 23.8. The maximum atomic E-state index is 14.9. The van der Waals surface area contributed by atoms with E-state index in [2.05, 4.69) is 30.9 Å². The van der Waals surface area contributed by atoms with E-state index in [4.69, 9.17) is 21.4 Å².